The maximum Gasteiger partial charge on any atom is 0.337 e. The molecule has 2 rings (SSSR count). The van der Waals surface area contributed by atoms with Crippen molar-refractivity contribution < 1.29 is 14.7 Å². The molecule has 5 nitrogen and oxygen atoms in total. The van der Waals surface area contributed by atoms with Crippen molar-refractivity contribution in [3.8, 4) is 0 Å². The number of carbonyl (C=O) groups is 2. The summed E-state index contributed by atoms with van der Waals surface area (Å²) < 4.78 is 0. The van der Waals surface area contributed by atoms with Crippen LogP contribution >= 0.6 is 11.6 Å². The van der Waals surface area contributed by atoms with Crippen molar-refractivity contribution in [1.82, 2.24) is 0 Å². The fourth-order valence-corrected chi connectivity index (χ4v) is 2.56. The van der Waals surface area contributed by atoms with Crippen molar-refractivity contribution in [2.24, 2.45) is 0 Å². The number of nitrogens with one attached hydrogen (secondary N) is 1. The molecule has 0 aliphatic heterocycles. The molecule has 2 aromatic rings. The first-order chi connectivity index (χ1) is 11.9. The number of nitrogens with zero attached hydrogens (tertiary/aromatic N) is 1. The van der Waals surface area contributed by atoms with Crippen molar-refractivity contribution in [1.29, 1.82) is 0 Å². The molecule has 6 heteroatoms. The van der Waals surface area contributed by atoms with Gasteiger partial charge in [-0.15, -0.1) is 0 Å². The van der Waals surface area contributed by atoms with Gasteiger partial charge in [-0.3, -0.25) is 4.79 Å². The summed E-state index contributed by atoms with van der Waals surface area (Å²) in [4.78, 5) is 25.8. The summed E-state index contributed by atoms with van der Waals surface area (Å²) in [6.07, 6.45) is 2.01. The number of benzene rings is 2. The fourth-order valence-electron chi connectivity index (χ4n) is 2.44. The van der Waals surface area contributed by atoms with Crippen LogP contribution in [0.15, 0.2) is 42.5 Å². The molecule has 2 N–H and O–H groups in total. The highest BCUT2D eigenvalue weighted by atomic mass is 35.5. The van der Waals surface area contributed by atoms with E-state index < -0.39 is 5.97 Å². The normalized spacial score (nSPS) is 10.4. The monoisotopic (exact) mass is 360 g/mol. The first-order valence-corrected chi connectivity index (χ1v) is 8.45. The molecule has 2 aromatic carbocycles. The van der Waals surface area contributed by atoms with Gasteiger partial charge in [-0.25, -0.2) is 4.79 Å². The third-order valence-corrected chi connectivity index (χ3v) is 4.10. The summed E-state index contributed by atoms with van der Waals surface area (Å²) in [6.45, 7) is 2.86. The van der Waals surface area contributed by atoms with Crippen LogP contribution in [0.1, 0.15) is 40.5 Å². The van der Waals surface area contributed by atoms with E-state index in [9.17, 15) is 14.7 Å². The van der Waals surface area contributed by atoms with Gasteiger partial charge in [-0.2, -0.15) is 0 Å². The van der Waals surface area contributed by atoms with Gasteiger partial charge in [0.25, 0.3) is 5.91 Å². The number of amides is 1. The van der Waals surface area contributed by atoms with E-state index in [2.05, 4.69) is 12.2 Å². The second-order valence-electron chi connectivity index (χ2n) is 5.77. The minimum Gasteiger partial charge on any atom is -0.478 e. The van der Waals surface area contributed by atoms with Gasteiger partial charge in [0.2, 0.25) is 0 Å². The van der Waals surface area contributed by atoms with Gasteiger partial charge in [0.15, 0.2) is 0 Å². The number of rotatable bonds is 7. The molecule has 0 atom stereocenters. The quantitative estimate of drug-likeness (QED) is 0.761. The lowest BCUT2D eigenvalue weighted by molar-refractivity contribution is 0.0697. The Hall–Kier alpha value is -2.53. The number of halogens is 1. The number of unbranched alkanes of at least 4 members (excludes halogenated alkanes) is 1. The fraction of sp³-hybridized carbons (Fsp3) is 0.263. The Kier molecular flexibility index (Phi) is 6.42. The second-order valence-corrected chi connectivity index (χ2v) is 6.21. The number of hydrogen-bond acceptors (Lipinski definition) is 3. The molecule has 0 aromatic heterocycles. The van der Waals surface area contributed by atoms with E-state index in [-0.39, 0.29) is 11.5 Å². The largest absolute Gasteiger partial charge is 0.478 e. The van der Waals surface area contributed by atoms with Crippen LogP contribution in [0, 0.1) is 0 Å². The number of aromatic carboxylic acids is 1. The van der Waals surface area contributed by atoms with Crippen molar-refractivity contribution in [3.05, 3.63) is 58.6 Å². The Labute approximate surface area is 152 Å². The predicted octanol–water partition coefficient (Wildman–Crippen LogP) is 4.53. The zero-order valence-electron chi connectivity index (χ0n) is 14.3. The molecule has 0 bridgehead atoms. The minimum atomic E-state index is -1.03. The molecule has 25 heavy (non-hydrogen) atoms. The molecule has 0 radical (unpaired) electrons. The van der Waals surface area contributed by atoms with E-state index in [0.29, 0.717) is 22.0 Å². The molecule has 0 spiro atoms. The van der Waals surface area contributed by atoms with Crippen LogP contribution in [0.3, 0.4) is 0 Å². The average molecular weight is 361 g/mol. The molecule has 0 fully saturated rings. The van der Waals surface area contributed by atoms with Gasteiger partial charge in [-0.1, -0.05) is 24.9 Å². The Morgan fingerprint density at radius 1 is 1.16 bits per heavy atom. The molecule has 0 unspecified atom stereocenters. The molecule has 132 valence electrons. The van der Waals surface area contributed by atoms with Crippen LogP contribution in [0.2, 0.25) is 5.02 Å². The third kappa shape index (κ3) is 4.97. The maximum atomic E-state index is 12.3. The van der Waals surface area contributed by atoms with Gasteiger partial charge >= 0.3 is 5.97 Å². The van der Waals surface area contributed by atoms with E-state index in [1.807, 2.05) is 11.9 Å². The first-order valence-electron chi connectivity index (χ1n) is 8.07. The van der Waals surface area contributed by atoms with Crippen LogP contribution < -0.4 is 10.2 Å². The number of anilines is 2. The topological polar surface area (TPSA) is 69.6 Å². The lowest BCUT2D eigenvalue weighted by Crippen LogP contribution is -2.21. The van der Waals surface area contributed by atoms with Gasteiger partial charge in [-0.05, 0) is 48.9 Å². The smallest absolute Gasteiger partial charge is 0.337 e. The van der Waals surface area contributed by atoms with Crippen molar-refractivity contribution >= 4 is 34.9 Å². The summed E-state index contributed by atoms with van der Waals surface area (Å²) in [7, 11) is 1.86. The summed E-state index contributed by atoms with van der Waals surface area (Å²) in [5.41, 5.74) is 1.67. The van der Waals surface area contributed by atoms with E-state index in [1.165, 1.54) is 6.07 Å². The highest BCUT2D eigenvalue weighted by Gasteiger charge is 2.15. The summed E-state index contributed by atoms with van der Waals surface area (Å²) in [6, 6.07) is 11.4. The van der Waals surface area contributed by atoms with Crippen molar-refractivity contribution in [3.63, 3.8) is 0 Å². The Morgan fingerprint density at radius 3 is 2.44 bits per heavy atom. The molecular formula is C19H21ClN2O3. The van der Waals surface area contributed by atoms with E-state index in [4.69, 9.17) is 11.6 Å². The Bertz CT molecular complexity index is 760. The minimum absolute atomic E-state index is 0.160. The summed E-state index contributed by atoms with van der Waals surface area (Å²) in [5.74, 6) is -1.35. The second kappa shape index (κ2) is 8.53. The molecular weight excluding hydrogens is 340 g/mol. The van der Waals surface area contributed by atoms with Crippen LogP contribution in [0.4, 0.5) is 11.4 Å². The van der Waals surface area contributed by atoms with Gasteiger partial charge in [0.05, 0.1) is 11.3 Å². The molecule has 0 heterocycles. The lowest BCUT2D eigenvalue weighted by atomic mass is 10.1. The molecule has 0 aliphatic carbocycles. The SMILES string of the molecule is CCCCN(C)c1ccc(NC(=O)c2ccc(Cl)cc2)cc1C(=O)O. The molecule has 1 amide bonds. The first kappa shape index (κ1) is 18.8. The third-order valence-electron chi connectivity index (χ3n) is 3.85. The zero-order valence-corrected chi connectivity index (χ0v) is 15.0. The van der Waals surface area contributed by atoms with E-state index >= 15 is 0 Å². The van der Waals surface area contributed by atoms with E-state index in [0.717, 1.165) is 19.4 Å². The summed E-state index contributed by atoms with van der Waals surface area (Å²) >= 11 is 5.81. The predicted molar refractivity (Wildman–Crippen MR) is 101 cm³/mol. The maximum absolute atomic E-state index is 12.3. The number of carbonyl (C=O) groups excluding carboxylic acids is 1. The van der Waals surface area contributed by atoms with Crippen LogP contribution in [-0.4, -0.2) is 30.6 Å². The zero-order chi connectivity index (χ0) is 18.4. The molecule has 0 aliphatic rings. The van der Waals surface area contributed by atoms with Crippen LogP contribution in [-0.2, 0) is 0 Å². The van der Waals surface area contributed by atoms with Gasteiger partial charge in [0, 0.05) is 29.9 Å². The molecule has 0 saturated carbocycles. The average Bonchev–Trinajstić information content (AvgIpc) is 2.60. The number of carboxylic acid groups (broad SMARTS) is 1. The summed E-state index contributed by atoms with van der Waals surface area (Å²) in [5, 5.41) is 12.8. The van der Waals surface area contributed by atoms with Crippen molar-refractivity contribution in [2.75, 3.05) is 23.8 Å². The van der Waals surface area contributed by atoms with Gasteiger partial charge in [0.1, 0.15) is 0 Å². The standard InChI is InChI=1S/C19H21ClN2O3/c1-3-4-11-22(2)17-10-9-15(12-16(17)19(24)25)21-18(23)13-5-7-14(20)8-6-13/h5-10,12H,3-4,11H2,1-2H3,(H,21,23)(H,24,25). The Morgan fingerprint density at radius 2 is 1.84 bits per heavy atom. The highest BCUT2D eigenvalue weighted by Crippen LogP contribution is 2.24. The number of hydrogen-bond donors (Lipinski definition) is 2. The highest BCUT2D eigenvalue weighted by molar-refractivity contribution is 6.30. The Balaban J connectivity index is 2.22. The van der Waals surface area contributed by atoms with Crippen LogP contribution in [0.5, 0.6) is 0 Å². The van der Waals surface area contributed by atoms with Gasteiger partial charge < -0.3 is 15.3 Å². The van der Waals surface area contributed by atoms with E-state index in [1.54, 1.807) is 36.4 Å². The number of carboxylic acids is 1. The molecule has 0 saturated heterocycles. The lowest BCUT2D eigenvalue weighted by Gasteiger charge is -2.21. The van der Waals surface area contributed by atoms with Crippen molar-refractivity contribution in [2.45, 2.75) is 19.8 Å². The van der Waals surface area contributed by atoms with Crippen LogP contribution in [0.25, 0.3) is 0 Å².